The first-order chi connectivity index (χ1) is 20.0. The minimum atomic E-state index is -0.861. The Kier molecular flexibility index (Phi) is 8.81. The van der Waals surface area contributed by atoms with Gasteiger partial charge in [-0.05, 0) is 86.7 Å². The molecule has 1 saturated heterocycles. The molecular weight excluding hydrogens is 573 g/mol. The van der Waals surface area contributed by atoms with Gasteiger partial charge in [0.05, 0.1) is 17.5 Å². The van der Waals surface area contributed by atoms with Crippen molar-refractivity contribution < 1.29 is 19.4 Å². The smallest absolute Gasteiger partial charge is 0.410 e. The SMILES string of the molecule is CC(C)(C)OC(=O)N1CCC(n2c(CCC(=O)O)nc3ccc(C(c4ccc(Cl)cc4)c4ccc(Cl)cc4)cc32)CC1. The van der Waals surface area contributed by atoms with Crippen molar-refractivity contribution in [3.63, 3.8) is 0 Å². The van der Waals surface area contributed by atoms with Crippen LogP contribution in [-0.2, 0) is 16.0 Å². The minimum Gasteiger partial charge on any atom is -0.481 e. The number of amides is 1. The third-order valence-corrected chi connectivity index (χ3v) is 8.07. The summed E-state index contributed by atoms with van der Waals surface area (Å²) in [5.41, 5.74) is 4.47. The van der Waals surface area contributed by atoms with Gasteiger partial charge >= 0.3 is 12.1 Å². The molecule has 1 aliphatic rings. The van der Waals surface area contributed by atoms with Crippen LogP contribution in [-0.4, -0.2) is 50.3 Å². The van der Waals surface area contributed by atoms with E-state index in [2.05, 4.69) is 16.7 Å². The Hall–Kier alpha value is -3.55. The largest absolute Gasteiger partial charge is 0.481 e. The molecule has 0 aliphatic carbocycles. The number of fused-ring (bicyclic) bond motifs is 1. The van der Waals surface area contributed by atoms with E-state index in [9.17, 15) is 14.7 Å². The van der Waals surface area contributed by atoms with E-state index in [4.69, 9.17) is 32.9 Å². The van der Waals surface area contributed by atoms with E-state index in [0.29, 0.717) is 42.4 Å². The van der Waals surface area contributed by atoms with Crippen molar-refractivity contribution >= 4 is 46.3 Å². The van der Waals surface area contributed by atoms with E-state index < -0.39 is 11.6 Å². The average molecular weight is 609 g/mol. The van der Waals surface area contributed by atoms with Crippen molar-refractivity contribution in [1.29, 1.82) is 0 Å². The van der Waals surface area contributed by atoms with Crippen molar-refractivity contribution in [3.05, 3.63) is 99.3 Å². The molecule has 0 bridgehead atoms. The van der Waals surface area contributed by atoms with Crippen molar-refractivity contribution in [3.8, 4) is 0 Å². The molecular formula is C33H35Cl2N3O4. The molecule has 220 valence electrons. The fourth-order valence-electron chi connectivity index (χ4n) is 5.66. The van der Waals surface area contributed by atoms with Crippen LogP contribution in [0.1, 0.15) is 74.5 Å². The van der Waals surface area contributed by atoms with Gasteiger partial charge in [-0.2, -0.15) is 0 Å². The Bertz CT molecular complexity index is 1520. The summed E-state index contributed by atoms with van der Waals surface area (Å²) in [6.45, 7) is 6.69. The average Bonchev–Trinajstić information content (AvgIpc) is 3.31. The third-order valence-electron chi connectivity index (χ3n) is 7.57. The molecule has 0 radical (unpaired) electrons. The van der Waals surface area contributed by atoms with Crippen LogP contribution in [0.3, 0.4) is 0 Å². The second-order valence-electron chi connectivity index (χ2n) is 11.8. The number of hydrogen-bond acceptors (Lipinski definition) is 4. The highest BCUT2D eigenvalue weighted by atomic mass is 35.5. The summed E-state index contributed by atoms with van der Waals surface area (Å²) < 4.78 is 7.79. The number of nitrogens with zero attached hydrogens (tertiary/aromatic N) is 3. The van der Waals surface area contributed by atoms with E-state index in [1.807, 2.05) is 75.4 Å². The van der Waals surface area contributed by atoms with Gasteiger partial charge in [-0.1, -0.05) is 53.5 Å². The minimum absolute atomic E-state index is 0.00882. The second kappa shape index (κ2) is 12.4. The Morgan fingerprint density at radius 2 is 1.48 bits per heavy atom. The van der Waals surface area contributed by atoms with Gasteiger partial charge < -0.3 is 19.3 Å². The molecule has 7 nitrogen and oxygen atoms in total. The molecule has 0 saturated carbocycles. The van der Waals surface area contributed by atoms with Crippen molar-refractivity contribution in [1.82, 2.24) is 14.5 Å². The number of carbonyl (C=O) groups is 2. The number of aromatic nitrogens is 2. The number of carboxylic acid groups (broad SMARTS) is 1. The van der Waals surface area contributed by atoms with Gasteiger partial charge in [0.1, 0.15) is 11.4 Å². The molecule has 1 aromatic heterocycles. The van der Waals surface area contributed by atoms with E-state index in [1.54, 1.807) is 4.90 Å². The highest BCUT2D eigenvalue weighted by Crippen LogP contribution is 2.37. The number of carboxylic acids is 1. The number of rotatable bonds is 7. The lowest BCUT2D eigenvalue weighted by molar-refractivity contribution is -0.137. The van der Waals surface area contributed by atoms with Gasteiger partial charge in [-0.3, -0.25) is 4.79 Å². The summed E-state index contributed by atoms with van der Waals surface area (Å²) in [6, 6.07) is 22.0. The number of aryl methyl sites for hydroxylation is 1. The number of carbonyl (C=O) groups excluding carboxylic acids is 1. The van der Waals surface area contributed by atoms with E-state index in [0.717, 1.165) is 33.5 Å². The Morgan fingerprint density at radius 3 is 2.00 bits per heavy atom. The maximum absolute atomic E-state index is 12.7. The van der Waals surface area contributed by atoms with E-state index >= 15 is 0 Å². The maximum atomic E-state index is 12.7. The molecule has 4 aromatic rings. The first-order valence-corrected chi connectivity index (χ1v) is 15.0. The maximum Gasteiger partial charge on any atom is 0.410 e. The number of imidazole rings is 1. The standard InChI is InChI=1S/C33H35Cl2N3O4/c1-33(2,3)42-32(41)37-18-16-26(17-19-37)38-28-20-23(8-13-27(28)36-29(38)14-15-30(39)40)31(21-4-9-24(34)10-5-21)22-6-11-25(35)12-7-22/h4-13,20,26,31H,14-19H2,1-3H3,(H,39,40). The van der Waals surface area contributed by atoms with Crippen LogP contribution >= 0.6 is 23.2 Å². The van der Waals surface area contributed by atoms with Gasteiger partial charge in [0, 0.05) is 41.5 Å². The molecule has 1 amide bonds. The molecule has 1 fully saturated rings. The summed E-state index contributed by atoms with van der Waals surface area (Å²) in [6.07, 6.45) is 1.44. The number of halogens is 2. The third kappa shape index (κ3) is 6.90. The summed E-state index contributed by atoms with van der Waals surface area (Å²) in [5.74, 6) is -0.196. The molecule has 1 N–H and O–H groups in total. The first-order valence-electron chi connectivity index (χ1n) is 14.2. The lowest BCUT2D eigenvalue weighted by atomic mass is 9.85. The number of piperidine rings is 1. The number of likely N-dealkylation sites (tertiary alicyclic amines) is 1. The molecule has 1 aliphatic heterocycles. The molecule has 42 heavy (non-hydrogen) atoms. The van der Waals surface area contributed by atoms with Gasteiger partial charge in [0.2, 0.25) is 0 Å². The van der Waals surface area contributed by atoms with Gasteiger partial charge in [0.15, 0.2) is 0 Å². The van der Waals surface area contributed by atoms with Crippen LogP contribution in [0.25, 0.3) is 11.0 Å². The highest BCUT2D eigenvalue weighted by Gasteiger charge is 2.30. The van der Waals surface area contributed by atoms with Crippen LogP contribution < -0.4 is 0 Å². The van der Waals surface area contributed by atoms with Crippen molar-refractivity contribution in [2.24, 2.45) is 0 Å². The Labute approximate surface area is 256 Å². The monoisotopic (exact) mass is 607 g/mol. The highest BCUT2D eigenvalue weighted by molar-refractivity contribution is 6.30. The van der Waals surface area contributed by atoms with Crippen molar-refractivity contribution in [2.45, 2.75) is 64.0 Å². The fraction of sp³-hybridized carbons (Fsp3) is 0.364. The van der Waals surface area contributed by atoms with Crippen LogP contribution in [0.2, 0.25) is 10.0 Å². The van der Waals surface area contributed by atoms with Gasteiger partial charge in [0.25, 0.3) is 0 Å². The van der Waals surface area contributed by atoms with E-state index in [1.165, 1.54) is 0 Å². The molecule has 0 unspecified atom stereocenters. The fourth-order valence-corrected chi connectivity index (χ4v) is 5.91. The van der Waals surface area contributed by atoms with Gasteiger partial charge in [-0.25, -0.2) is 9.78 Å². The predicted molar refractivity (Wildman–Crippen MR) is 166 cm³/mol. The first kappa shape index (κ1) is 29.9. The number of ether oxygens (including phenoxy) is 1. The van der Waals surface area contributed by atoms with Crippen LogP contribution in [0.5, 0.6) is 0 Å². The summed E-state index contributed by atoms with van der Waals surface area (Å²) >= 11 is 12.5. The zero-order chi connectivity index (χ0) is 30.0. The molecule has 0 atom stereocenters. The quantitative estimate of drug-likeness (QED) is 0.214. The zero-order valence-corrected chi connectivity index (χ0v) is 25.5. The molecule has 2 heterocycles. The molecule has 9 heteroatoms. The Morgan fingerprint density at radius 1 is 0.929 bits per heavy atom. The van der Waals surface area contributed by atoms with E-state index in [-0.39, 0.29) is 24.5 Å². The summed E-state index contributed by atoms with van der Waals surface area (Å²) in [4.78, 5) is 30.8. The predicted octanol–water partition coefficient (Wildman–Crippen LogP) is 8.11. The van der Waals surface area contributed by atoms with Gasteiger partial charge in [-0.15, -0.1) is 0 Å². The molecule has 3 aromatic carbocycles. The molecule has 5 rings (SSSR count). The number of hydrogen-bond donors (Lipinski definition) is 1. The van der Waals surface area contributed by atoms with Crippen molar-refractivity contribution in [2.75, 3.05) is 13.1 Å². The lowest BCUT2D eigenvalue weighted by Gasteiger charge is -2.34. The Balaban J connectivity index is 1.54. The van der Waals surface area contributed by atoms with Crippen LogP contribution in [0.4, 0.5) is 4.79 Å². The number of benzene rings is 3. The summed E-state index contributed by atoms with van der Waals surface area (Å²) in [5, 5.41) is 10.8. The molecule has 0 spiro atoms. The second-order valence-corrected chi connectivity index (χ2v) is 12.6. The lowest BCUT2D eigenvalue weighted by Crippen LogP contribution is -2.42. The zero-order valence-electron chi connectivity index (χ0n) is 24.0. The topological polar surface area (TPSA) is 84.7 Å². The normalized spacial score (nSPS) is 14.5. The number of aliphatic carboxylic acids is 1. The van der Waals surface area contributed by atoms with Crippen LogP contribution in [0.15, 0.2) is 66.7 Å². The van der Waals surface area contributed by atoms with Crippen LogP contribution in [0, 0.1) is 0 Å². The summed E-state index contributed by atoms with van der Waals surface area (Å²) in [7, 11) is 0.